The highest BCUT2D eigenvalue weighted by Crippen LogP contribution is 2.32. The van der Waals surface area contributed by atoms with Gasteiger partial charge in [-0.2, -0.15) is 13.2 Å². The van der Waals surface area contributed by atoms with Crippen molar-refractivity contribution in [3.63, 3.8) is 0 Å². The van der Waals surface area contributed by atoms with Crippen molar-refractivity contribution in [3.05, 3.63) is 77.4 Å². The molecule has 0 unspecified atom stereocenters. The van der Waals surface area contributed by atoms with Crippen molar-refractivity contribution in [2.24, 2.45) is 0 Å². The molecule has 35 heavy (non-hydrogen) atoms. The molecule has 0 saturated carbocycles. The van der Waals surface area contributed by atoms with Gasteiger partial charge < -0.3 is 9.15 Å². The van der Waals surface area contributed by atoms with E-state index in [1.807, 2.05) is 6.92 Å². The zero-order valence-electron chi connectivity index (χ0n) is 18.5. The zero-order valence-corrected chi connectivity index (χ0v) is 19.3. The van der Waals surface area contributed by atoms with Gasteiger partial charge in [-0.05, 0) is 66.6 Å². The maximum atomic E-state index is 12.9. The van der Waals surface area contributed by atoms with Gasteiger partial charge in [0, 0.05) is 5.56 Å². The predicted octanol–water partition coefficient (Wildman–Crippen LogP) is 5.66. The number of benzene rings is 3. The molecular weight excluding hydrogens is 485 g/mol. The molecule has 0 aliphatic heterocycles. The van der Waals surface area contributed by atoms with E-state index in [1.54, 1.807) is 6.07 Å². The van der Waals surface area contributed by atoms with Crippen LogP contribution < -0.4 is 4.72 Å². The first-order chi connectivity index (χ1) is 16.5. The molecule has 0 fully saturated rings. The van der Waals surface area contributed by atoms with E-state index >= 15 is 0 Å². The van der Waals surface area contributed by atoms with Crippen molar-refractivity contribution in [1.29, 1.82) is 0 Å². The molecule has 1 aromatic heterocycles. The lowest BCUT2D eigenvalue weighted by molar-refractivity contribution is -0.137. The Morgan fingerprint density at radius 1 is 1.06 bits per heavy atom. The third-order valence-corrected chi connectivity index (χ3v) is 6.66. The van der Waals surface area contributed by atoms with E-state index in [1.165, 1.54) is 49.6 Å². The molecule has 4 rings (SSSR count). The third-order valence-electron chi connectivity index (χ3n) is 5.28. The number of carbonyl (C=O) groups excluding carboxylic acids is 1. The molecule has 7 nitrogen and oxygen atoms in total. The van der Waals surface area contributed by atoms with Crippen molar-refractivity contribution >= 4 is 32.8 Å². The summed E-state index contributed by atoms with van der Waals surface area (Å²) >= 11 is 0. The quantitative estimate of drug-likeness (QED) is 0.340. The number of alkyl halides is 3. The van der Waals surface area contributed by atoms with Gasteiger partial charge >= 0.3 is 12.1 Å². The van der Waals surface area contributed by atoms with Crippen molar-refractivity contribution in [2.45, 2.75) is 24.4 Å². The van der Waals surface area contributed by atoms with Crippen molar-refractivity contribution in [2.75, 3.05) is 11.8 Å². The second-order valence-corrected chi connectivity index (χ2v) is 9.23. The van der Waals surface area contributed by atoms with E-state index in [9.17, 15) is 26.4 Å². The van der Waals surface area contributed by atoms with Crippen LogP contribution in [0.15, 0.2) is 70.0 Å². The highest BCUT2D eigenvalue weighted by molar-refractivity contribution is 7.92. The average molecular weight is 504 g/mol. The minimum atomic E-state index is -4.46. The molecule has 0 aliphatic carbocycles. The maximum Gasteiger partial charge on any atom is 0.416 e. The molecule has 0 saturated heterocycles. The van der Waals surface area contributed by atoms with Gasteiger partial charge in [-0.15, -0.1) is 0 Å². The first kappa shape index (κ1) is 24.3. The van der Waals surface area contributed by atoms with Gasteiger partial charge in [0.05, 0.1) is 28.8 Å². The number of aryl methyl sites for hydroxylation is 1. The number of sulfonamides is 1. The first-order valence-electron chi connectivity index (χ1n) is 10.3. The van der Waals surface area contributed by atoms with Crippen LogP contribution in [0.25, 0.3) is 22.6 Å². The summed E-state index contributed by atoms with van der Waals surface area (Å²) in [5.74, 6) is -0.551. The molecule has 11 heteroatoms. The normalized spacial score (nSPS) is 12.0. The number of hydrogen-bond donors (Lipinski definition) is 1. The van der Waals surface area contributed by atoms with E-state index in [4.69, 9.17) is 9.15 Å². The van der Waals surface area contributed by atoms with Crippen LogP contribution >= 0.6 is 0 Å². The fraction of sp³-hybridized carbons (Fsp3) is 0.167. The number of oxazole rings is 1. The van der Waals surface area contributed by atoms with E-state index < -0.39 is 27.7 Å². The number of anilines is 1. The standard InChI is InChI=1S/C24H19F3N2O5S/c1-3-14-6-10-18(13-19(14)23(30)33-2)35(31,32)29-17-9-11-21-20(12-17)28-22(34-21)15-4-7-16(8-5-15)24(25,26)27/h4-13,29H,3H2,1-2H3. The molecule has 0 atom stereocenters. The molecule has 0 amide bonds. The zero-order chi connectivity index (χ0) is 25.4. The Labute approximate surface area is 198 Å². The average Bonchev–Trinajstić information content (AvgIpc) is 3.26. The topological polar surface area (TPSA) is 98.5 Å². The first-order valence-corrected chi connectivity index (χ1v) is 11.8. The fourth-order valence-corrected chi connectivity index (χ4v) is 4.54. The van der Waals surface area contributed by atoms with Crippen LogP contribution in [0.2, 0.25) is 0 Å². The summed E-state index contributed by atoms with van der Waals surface area (Å²) in [4.78, 5) is 16.2. The molecule has 0 bridgehead atoms. The number of aromatic nitrogens is 1. The Balaban J connectivity index is 1.62. The lowest BCUT2D eigenvalue weighted by Crippen LogP contribution is -2.15. The number of rotatable bonds is 6. The number of nitrogens with zero attached hydrogens (tertiary/aromatic N) is 1. The SMILES string of the molecule is CCc1ccc(S(=O)(=O)Nc2ccc3oc(-c4ccc(C(F)(F)F)cc4)nc3c2)cc1C(=O)OC. The van der Waals surface area contributed by atoms with E-state index in [0.717, 1.165) is 12.1 Å². The van der Waals surface area contributed by atoms with Gasteiger partial charge in [-0.1, -0.05) is 13.0 Å². The van der Waals surface area contributed by atoms with Crippen LogP contribution in [0.5, 0.6) is 0 Å². The van der Waals surface area contributed by atoms with Crippen LogP contribution in [0.3, 0.4) is 0 Å². The number of methoxy groups -OCH3 is 1. The van der Waals surface area contributed by atoms with Gasteiger partial charge in [0.1, 0.15) is 5.52 Å². The van der Waals surface area contributed by atoms with Crippen LogP contribution in [0.4, 0.5) is 18.9 Å². The number of halogens is 3. The van der Waals surface area contributed by atoms with E-state index in [0.29, 0.717) is 28.6 Å². The molecule has 0 aliphatic rings. The number of carbonyl (C=O) groups is 1. The lowest BCUT2D eigenvalue weighted by atomic mass is 10.1. The number of fused-ring (bicyclic) bond motifs is 1. The smallest absolute Gasteiger partial charge is 0.416 e. The Bertz CT molecular complexity index is 1510. The second kappa shape index (κ2) is 9.06. The van der Waals surface area contributed by atoms with Crippen LogP contribution in [0.1, 0.15) is 28.4 Å². The Kier molecular flexibility index (Phi) is 6.28. The maximum absolute atomic E-state index is 12.9. The number of ether oxygens (including phenoxy) is 1. The summed E-state index contributed by atoms with van der Waals surface area (Å²) < 4.78 is 77.0. The highest BCUT2D eigenvalue weighted by atomic mass is 32.2. The van der Waals surface area contributed by atoms with Crippen LogP contribution in [-0.2, 0) is 27.4 Å². The summed E-state index contributed by atoms with van der Waals surface area (Å²) in [6.45, 7) is 1.83. The molecule has 3 aromatic carbocycles. The monoisotopic (exact) mass is 504 g/mol. The van der Waals surface area contributed by atoms with E-state index in [2.05, 4.69) is 9.71 Å². The van der Waals surface area contributed by atoms with Gasteiger partial charge in [0.2, 0.25) is 5.89 Å². The molecule has 4 aromatic rings. The molecule has 1 N–H and O–H groups in total. The Morgan fingerprint density at radius 3 is 2.40 bits per heavy atom. The summed E-state index contributed by atoms with van der Waals surface area (Å²) in [5, 5.41) is 0. The van der Waals surface area contributed by atoms with Crippen molar-refractivity contribution in [1.82, 2.24) is 4.98 Å². The summed E-state index contributed by atoms with van der Waals surface area (Å²) in [6, 6.07) is 12.9. The summed E-state index contributed by atoms with van der Waals surface area (Å²) in [6.07, 6.45) is -3.94. The highest BCUT2D eigenvalue weighted by Gasteiger charge is 2.30. The lowest BCUT2D eigenvalue weighted by Gasteiger charge is -2.11. The molecule has 1 heterocycles. The van der Waals surface area contributed by atoms with Crippen molar-refractivity contribution < 1.29 is 35.5 Å². The van der Waals surface area contributed by atoms with Gasteiger partial charge in [0.15, 0.2) is 5.58 Å². The molecule has 0 radical (unpaired) electrons. The van der Waals surface area contributed by atoms with Crippen LogP contribution in [0, 0.1) is 0 Å². The molecule has 182 valence electrons. The number of hydrogen-bond acceptors (Lipinski definition) is 6. The third kappa shape index (κ3) is 4.99. The van der Waals surface area contributed by atoms with Gasteiger partial charge in [-0.25, -0.2) is 18.2 Å². The Morgan fingerprint density at radius 2 is 1.77 bits per heavy atom. The fourth-order valence-electron chi connectivity index (χ4n) is 3.46. The minimum Gasteiger partial charge on any atom is -0.465 e. The van der Waals surface area contributed by atoms with Crippen LogP contribution in [-0.4, -0.2) is 26.5 Å². The van der Waals surface area contributed by atoms with Gasteiger partial charge in [0.25, 0.3) is 10.0 Å². The number of nitrogens with one attached hydrogen (secondary N) is 1. The summed E-state index contributed by atoms with van der Waals surface area (Å²) in [5.41, 5.74) is 1.16. The number of esters is 1. The molecule has 0 spiro atoms. The molecular formula is C24H19F3N2O5S. The predicted molar refractivity (Wildman–Crippen MR) is 122 cm³/mol. The minimum absolute atomic E-state index is 0.0894. The second-order valence-electron chi connectivity index (χ2n) is 7.55. The summed E-state index contributed by atoms with van der Waals surface area (Å²) in [7, 11) is -2.84. The largest absolute Gasteiger partial charge is 0.465 e. The Hall–Kier alpha value is -3.86. The van der Waals surface area contributed by atoms with Crippen molar-refractivity contribution in [3.8, 4) is 11.5 Å². The van der Waals surface area contributed by atoms with Gasteiger partial charge in [-0.3, -0.25) is 4.72 Å². The van der Waals surface area contributed by atoms with E-state index in [-0.39, 0.29) is 22.0 Å².